The second kappa shape index (κ2) is 7.21. The van der Waals surface area contributed by atoms with E-state index < -0.39 is 12.0 Å². The summed E-state index contributed by atoms with van der Waals surface area (Å²) in [6, 6.07) is 15.2. The van der Waals surface area contributed by atoms with Crippen LogP contribution < -0.4 is 5.32 Å². The van der Waals surface area contributed by atoms with Gasteiger partial charge in [-0.05, 0) is 52.4 Å². The molecule has 21 heavy (non-hydrogen) atoms. The Balaban J connectivity index is 2.09. The van der Waals surface area contributed by atoms with Crippen LogP contribution in [0.25, 0.3) is 0 Å². The van der Waals surface area contributed by atoms with Gasteiger partial charge in [-0.15, -0.1) is 0 Å². The highest BCUT2D eigenvalue weighted by molar-refractivity contribution is 14.1. The van der Waals surface area contributed by atoms with E-state index in [1.165, 1.54) is 0 Å². The Labute approximate surface area is 136 Å². The van der Waals surface area contributed by atoms with E-state index in [4.69, 9.17) is 0 Å². The fourth-order valence-corrected chi connectivity index (χ4v) is 2.54. The number of hydrogen-bond donors (Lipinski definition) is 2. The summed E-state index contributed by atoms with van der Waals surface area (Å²) in [5.74, 6) is -1.42. The van der Waals surface area contributed by atoms with Gasteiger partial charge in [0.05, 0.1) is 0 Å². The van der Waals surface area contributed by atoms with Gasteiger partial charge in [-0.3, -0.25) is 4.79 Å². The van der Waals surface area contributed by atoms with Crippen LogP contribution in [0.4, 0.5) is 0 Å². The van der Waals surface area contributed by atoms with Crippen molar-refractivity contribution in [1.82, 2.24) is 5.32 Å². The summed E-state index contributed by atoms with van der Waals surface area (Å²) < 4.78 is 1.03. The summed E-state index contributed by atoms with van der Waals surface area (Å²) in [5, 5.41) is 11.8. The van der Waals surface area contributed by atoms with Gasteiger partial charge in [0.1, 0.15) is 6.04 Å². The van der Waals surface area contributed by atoms with Crippen LogP contribution in [0.5, 0.6) is 0 Å². The van der Waals surface area contributed by atoms with Crippen LogP contribution >= 0.6 is 22.6 Å². The minimum absolute atomic E-state index is 0.255. The van der Waals surface area contributed by atoms with Crippen molar-refractivity contribution < 1.29 is 14.7 Å². The highest BCUT2D eigenvalue weighted by Crippen LogP contribution is 2.10. The number of carbonyl (C=O) groups is 2. The number of hydrogen-bond acceptors (Lipinski definition) is 2. The number of halogens is 1. The second-order valence-electron chi connectivity index (χ2n) is 4.56. The summed E-state index contributed by atoms with van der Waals surface area (Å²) in [7, 11) is 0. The molecule has 0 unspecified atom stereocenters. The molecule has 0 heterocycles. The van der Waals surface area contributed by atoms with E-state index in [1.807, 2.05) is 24.3 Å². The average Bonchev–Trinajstić information content (AvgIpc) is 2.47. The third kappa shape index (κ3) is 4.56. The zero-order valence-electron chi connectivity index (χ0n) is 11.1. The lowest BCUT2D eigenvalue weighted by atomic mass is 10.1. The molecule has 0 saturated heterocycles. The number of benzene rings is 2. The average molecular weight is 395 g/mol. The lowest BCUT2D eigenvalue weighted by Gasteiger charge is -2.15. The molecule has 0 bridgehead atoms. The Hall–Kier alpha value is -1.89. The molecule has 2 aromatic carbocycles. The Morgan fingerprint density at radius 1 is 1.10 bits per heavy atom. The standard InChI is InChI=1S/C16H14INO3/c17-13-8-4-5-11(9-13)10-14(16(20)21)18-15(19)12-6-2-1-3-7-12/h1-9,14H,10H2,(H,18,19)(H,20,21)/t14-/m0/s1. The molecule has 0 radical (unpaired) electrons. The molecule has 108 valence electrons. The second-order valence-corrected chi connectivity index (χ2v) is 5.81. The summed E-state index contributed by atoms with van der Waals surface area (Å²) in [4.78, 5) is 23.4. The van der Waals surface area contributed by atoms with Crippen LogP contribution in [-0.4, -0.2) is 23.0 Å². The van der Waals surface area contributed by atoms with Crippen molar-refractivity contribution in [3.8, 4) is 0 Å². The lowest BCUT2D eigenvalue weighted by Crippen LogP contribution is -2.42. The van der Waals surface area contributed by atoms with Gasteiger partial charge in [0.2, 0.25) is 0 Å². The maximum atomic E-state index is 12.0. The zero-order chi connectivity index (χ0) is 15.2. The first-order chi connectivity index (χ1) is 10.1. The number of carbonyl (C=O) groups excluding carboxylic acids is 1. The van der Waals surface area contributed by atoms with E-state index in [9.17, 15) is 14.7 Å². The zero-order valence-corrected chi connectivity index (χ0v) is 13.3. The van der Waals surface area contributed by atoms with Gasteiger partial charge in [-0.2, -0.15) is 0 Å². The van der Waals surface area contributed by atoms with Crippen molar-refractivity contribution in [2.24, 2.45) is 0 Å². The van der Waals surface area contributed by atoms with Crippen molar-refractivity contribution in [2.75, 3.05) is 0 Å². The number of carboxylic acid groups (broad SMARTS) is 1. The van der Waals surface area contributed by atoms with E-state index in [0.29, 0.717) is 5.56 Å². The van der Waals surface area contributed by atoms with E-state index >= 15 is 0 Å². The van der Waals surface area contributed by atoms with Crippen molar-refractivity contribution in [3.63, 3.8) is 0 Å². The van der Waals surface area contributed by atoms with Crippen molar-refractivity contribution in [1.29, 1.82) is 0 Å². The van der Waals surface area contributed by atoms with E-state index in [2.05, 4.69) is 27.9 Å². The number of amides is 1. The first kappa shape index (κ1) is 15.5. The molecule has 1 atom stereocenters. The van der Waals surface area contributed by atoms with Crippen LogP contribution in [-0.2, 0) is 11.2 Å². The number of rotatable bonds is 5. The summed E-state index contributed by atoms with van der Waals surface area (Å²) in [6.07, 6.45) is 0.255. The quantitative estimate of drug-likeness (QED) is 0.766. The van der Waals surface area contributed by atoms with E-state index in [-0.39, 0.29) is 12.3 Å². The van der Waals surface area contributed by atoms with Crippen LogP contribution in [0.2, 0.25) is 0 Å². The normalized spacial score (nSPS) is 11.7. The molecule has 0 aliphatic rings. The smallest absolute Gasteiger partial charge is 0.326 e. The fraction of sp³-hybridized carbons (Fsp3) is 0.125. The molecular weight excluding hydrogens is 381 g/mol. The minimum Gasteiger partial charge on any atom is -0.480 e. The maximum absolute atomic E-state index is 12.0. The van der Waals surface area contributed by atoms with Gasteiger partial charge in [0, 0.05) is 15.6 Å². The molecule has 2 N–H and O–H groups in total. The molecule has 0 aliphatic heterocycles. The third-order valence-electron chi connectivity index (χ3n) is 2.97. The lowest BCUT2D eigenvalue weighted by molar-refractivity contribution is -0.139. The van der Waals surface area contributed by atoms with E-state index in [1.54, 1.807) is 30.3 Å². The molecule has 0 spiro atoms. The Bertz CT molecular complexity index is 643. The Morgan fingerprint density at radius 2 is 1.81 bits per heavy atom. The van der Waals surface area contributed by atoms with Crippen LogP contribution in [0, 0.1) is 3.57 Å². The summed E-state index contributed by atoms with van der Waals surface area (Å²) >= 11 is 2.17. The van der Waals surface area contributed by atoms with Crippen LogP contribution in [0.15, 0.2) is 54.6 Å². The van der Waals surface area contributed by atoms with Crippen molar-refractivity contribution in [3.05, 3.63) is 69.3 Å². The molecule has 2 aromatic rings. The number of nitrogens with one attached hydrogen (secondary N) is 1. The van der Waals surface area contributed by atoms with Gasteiger partial charge >= 0.3 is 5.97 Å². The largest absolute Gasteiger partial charge is 0.480 e. The minimum atomic E-state index is -1.04. The molecule has 0 fully saturated rings. The molecule has 4 nitrogen and oxygen atoms in total. The maximum Gasteiger partial charge on any atom is 0.326 e. The molecule has 0 aliphatic carbocycles. The van der Waals surface area contributed by atoms with Crippen LogP contribution in [0.3, 0.4) is 0 Å². The van der Waals surface area contributed by atoms with Gasteiger partial charge < -0.3 is 10.4 Å². The van der Waals surface area contributed by atoms with E-state index in [0.717, 1.165) is 9.13 Å². The summed E-state index contributed by atoms with van der Waals surface area (Å²) in [5.41, 5.74) is 1.33. The Morgan fingerprint density at radius 3 is 2.43 bits per heavy atom. The predicted octanol–water partition coefficient (Wildman–Crippen LogP) is 2.72. The van der Waals surface area contributed by atoms with Crippen LogP contribution in [0.1, 0.15) is 15.9 Å². The van der Waals surface area contributed by atoms with Gasteiger partial charge in [0.15, 0.2) is 0 Å². The summed E-state index contributed by atoms with van der Waals surface area (Å²) in [6.45, 7) is 0. The SMILES string of the molecule is O=C(N[C@@H](Cc1cccc(I)c1)C(=O)O)c1ccccc1. The van der Waals surface area contributed by atoms with Crippen molar-refractivity contribution in [2.45, 2.75) is 12.5 Å². The number of aliphatic carboxylic acids is 1. The third-order valence-corrected chi connectivity index (χ3v) is 3.64. The molecule has 0 aromatic heterocycles. The topological polar surface area (TPSA) is 66.4 Å². The molecule has 0 saturated carbocycles. The van der Waals surface area contributed by atoms with Gasteiger partial charge in [0.25, 0.3) is 5.91 Å². The molecule has 2 rings (SSSR count). The first-order valence-corrected chi connectivity index (χ1v) is 7.47. The first-order valence-electron chi connectivity index (χ1n) is 6.39. The van der Waals surface area contributed by atoms with Crippen molar-refractivity contribution >= 4 is 34.5 Å². The highest BCUT2D eigenvalue weighted by Gasteiger charge is 2.21. The number of carboxylic acids is 1. The molecule has 5 heteroatoms. The Kier molecular flexibility index (Phi) is 5.32. The molecule has 1 amide bonds. The fourth-order valence-electron chi connectivity index (χ4n) is 1.93. The monoisotopic (exact) mass is 395 g/mol. The van der Waals surface area contributed by atoms with Gasteiger partial charge in [-0.25, -0.2) is 4.79 Å². The van der Waals surface area contributed by atoms with Gasteiger partial charge in [-0.1, -0.05) is 30.3 Å². The highest BCUT2D eigenvalue weighted by atomic mass is 127. The predicted molar refractivity (Wildman–Crippen MR) is 88.2 cm³/mol. The molecular formula is C16H14INO3.